The highest BCUT2D eigenvalue weighted by atomic mass is 16.3. The minimum atomic E-state index is 0.0726. The Hall–Kier alpha value is -1.39. The Morgan fingerprint density at radius 1 is 1.29 bits per heavy atom. The van der Waals surface area contributed by atoms with Gasteiger partial charge in [-0.3, -0.25) is 9.69 Å². The lowest BCUT2D eigenvalue weighted by Gasteiger charge is -2.33. The molecule has 0 spiro atoms. The zero-order chi connectivity index (χ0) is 14.9. The van der Waals surface area contributed by atoms with E-state index in [0.29, 0.717) is 13.1 Å². The maximum Gasteiger partial charge on any atom is 0.234 e. The quantitative estimate of drug-likeness (QED) is 0.750. The average molecular weight is 290 g/mol. The third-order valence-corrected chi connectivity index (χ3v) is 4.11. The van der Waals surface area contributed by atoms with Crippen molar-refractivity contribution in [2.75, 3.05) is 26.2 Å². The van der Waals surface area contributed by atoms with Crippen molar-refractivity contribution in [1.29, 1.82) is 0 Å². The van der Waals surface area contributed by atoms with Gasteiger partial charge in [-0.15, -0.1) is 0 Å². The third-order valence-electron chi connectivity index (χ3n) is 4.11. The number of nitrogens with zero attached hydrogens (tertiary/aromatic N) is 1. The molecule has 2 N–H and O–H groups in total. The van der Waals surface area contributed by atoms with E-state index in [2.05, 4.69) is 22.3 Å². The Bertz CT molecular complexity index is 422. The van der Waals surface area contributed by atoms with Crippen LogP contribution in [0, 0.1) is 0 Å². The largest absolute Gasteiger partial charge is 0.395 e. The molecular formula is C17H26N2O2. The highest BCUT2D eigenvalue weighted by Gasteiger charge is 2.23. The van der Waals surface area contributed by atoms with E-state index in [1.54, 1.807) is 0 Å². The first kappa shape index (κ1) is 16.0. The first-order chi connectivity index (χ1) is 10.3. The summed E-state index contributed by atoms with van der Waals surface area (Å²) >= 11 is 0. The maximum atomic E-state index is 11.9. The van der Waals surface area contributed by atoms with Gasteiger partial charge in [-0.1, -0.05) is 36.8 Å². The van der Waals surface area contributed by atoms with Gasteiger partial charge >= 0.3 is 0 Å². The predicted molar refractivity (Wildman–Crippen MR) is 84.1 cm³/mol. The lowest BCUT2D eigenvalue weighted by molar-refractivity contribution is -0.123. The van der Waals surface area contributed by atoms with E-state index in [1.165, 1.54) is 5.56 Å². The van der Waals surface area contributed by atoms with Crippen molar-refractivity contribution in [3.8, 4) is 0 Å². The van der Waals surface area contributed by atoms with E-state index in [-0.39, 0.29) is 18.6 Å². The van der Waals surface area contributed by atoms with Gasteiger partial charge < -0.3 is 10.4 Å². The third kappa shape index (κ3) is 5.48. The van der Waals surface area contributed by atoms with E-state index in [0.717, 1.165) is 38.6 Å². The van der Waals surface area contributed by atoms with Gasteiger partial charge in [0.15, 0.2) is 0 Å². The molecule has 0 saturated carbocycles. The number of carbonyl (C=O) groups excluding carboxylic acids is 1. The first-order valence-corrected chi connectivity index (χ1v) is 7.95. The number of aliphatic hydroxyl groups is 1. The van der Waals surface area contributed by atoms with Crippen molar-refractivity contribution < 1.29 is 9.90 Å². The molecule has 1 amide bonds. The molecule has 21 heavy (non-hydrogen) atoms. The lowest BCUT2D eigenvalue weighted by atomic mass is 10.0. The molecule has 1 aromatic rings. The van der Waals surface area contributed by atoms with Crippen molar-refractivity contribution >= 4 is 5.91 Å². The van der Waals surface area contributed by atoms with E-state index in [4.69, 9.17) is 0 Å². The second kappa shape index (κ2) is 8.80. The van der Waals surface area contributed by atoms with Crippen LogP contribution in [0.3, 0.4) is 0 Å². The number of aliphatic hydroxyl groups excluding tert-OH is 1. The molecule has 0 bridgehead atoms. The van der Waals surface area contributed by atoms with Crippen LogP contribution in [0.4, 0.5) is 0 Å². The van der Waals surface area contributed by atoms with Crippen LogP contribution in [-0.2, 0) is 11.2 Å². The number of benzene rings is 1. The fourth-order valence-corrected chi connectivity index (χ4v) is 2.88. The molecule has 1 heterocycles. The van der Waals surface area contributed by atoms with Crippen molar-refractivity contribution in [3.05, 3.63) is 35.9 Å². The normalized spacial score (nSPS) is 19.4. The Balaban J connectivity index is 1.63. The van der Waals surface area contributed by atoms with Crippen molar-refractivity contribution in [1.82, 2.24) is 10.2 Å². The zero-order valence-electron chi connectivity index (χ0n) is 12.6. The molecule has 1 aromatic carbocycles. The maximum absolute atomic E-state index is 11.9. The first-order valence-electron chi connectivity index (χ1n) is 7.95. The fourth-order valence-electron chi connectivity index (χ4n) is 2.88. The van der Waals surface area contributed by atoms with E-state index in [9.17, 15) is 9.90 Å². The van der Waals surface area contributed by atoms with Gasteiger partial charge in [0, 0.05) is 12.6 Å². The average Bonchev–Trinajstić information content (AvgIpc) is 2.53. The highest BCUT2D eigenvalue weighted by molar-refractivity contribution is 5.78. The van der Waals surface area contributed by atoms with Crippen molar-refractivity contribution in [2.45, 2.75) is 38.1 Å². The van der Waals surface area contributed by atoms with Gasteiger partial charge in [0.25, 0.3) is 0 Å². The van der Waals surface area contributed by atoms with Crippen LogP contribution in [0.1, 0.15) is 31.2 Å². The number of piperidine rings is 1. The van der Waals surface area contributed by atoms with Gasteiger partial charge in [0.05, 0.1) is 13.2 Å². The molecule has 4 nitrogen and oxygen atoms in total. The molecule has 0 radical (unpaired) electrons. The summed E-state index contributed by atoms with van der Waals surface area (Å²) in [6, 6.07) is 10.5. The summed E-state index contributed by atoms with van der Waals surface area (Å²) in [4.78, 5) is 14.1. The van der Waals surface area contributed by atoms with Gasteiger partial charge in [-0.05, 0) is 37.8 Å². The molecule has 4 heteroatoms. The van der Waals surface area contributed by atoms with Crippen molar-refractivity contribution in [3.63, 3.8) is 0 Å². The summed E-state index contributed by atoms with van der Waals surface area (Å²) < 4.78 is 0. The second-order valence-electron chi connectivity index (χ2n) is 5.74. The SMILES string of the molecule is O=C(CN1CCCC[C@@H]1CO)NCCCc1ccccc1. The molecule has 116 valence electrons. The summed E-state index contributed by atoms with van der Waals surface area (Å²) in [5, 5.41) is 12.3. The molecule has 0 unspecified atom stereocenters. The molecule has 2 rings (SSSR count). The molecule has 1 aliphatic rings. The zero-order valence-corrected chi connectivity index (χ0v) is 12.6. The van der Waals surface area contributed by atoms with Crippen LogP contribution in [0.25, 0.3) is 0 Å². The molecule has 0 aliphatic carbocycles. The summed E-state index contributed by atoms with van der Waals surface area (Å²) in [7, 11) is 0. The van der Waals surface area contributed by atoms with E-state index >= 15 is 0 Å². The van der Waals surface area contributed by atoms with Gasteiger partial charge in [0.2, 0.25) is 5.91 Å². The van der Waals surface area contributed by atoms with Gasteiger partial charge in [-0.2, -0.15) is 0 Å². The number of hydrogen-bond acceptors (Lipinski definition) is 3. The molecule has 1 saturated heterocycles. The number of nitrogens with one attached hydrogen (secondary N) is 1. The van der Waals surface area contributed by atoms with Crippen LogP contribution in [-0.4, -0.2) is 48.2 Å². The Labute approximate surface area is 127 Å². The lowest BCUT2D eigenvalue weighted by Crippen LogP contribution is -2.47. The number of aryl methyl sites for hydroxylation is 1. The summed E-state index contributed by atoms with van der Waals surface area (Å²) in [6.07, 6.45) is 5.22. The predicted octanol–water partition coefficient (Wildman–Crippen LogP) is 1.58. The van der Waals surface area contributed by atoms with Crippen LogP contribution in [0.5, 0.6) is 0 Å². The minimum absolute atomic E-state index is 0.0726. The van der Waals surface area contributed by atoms with Crippen LogP contribution < -0.4 is 5.32 Å². The highest BCUT2D eigenvalue weighted by Crippen LogP contribution is 2.15. The van der Waals surface area contributed by atoms with Crippen LogP contribution in [0.15, 0.2) is 30.3 Å². The van der Waals surface area contributed by atoms with Crippen molar-refractivity contribution in [2.24, 2.45) is 0 Å². The molecular weight excluding hydrogens is 264 g/mol. The number of carbonyl (C=O) groups is 1. The van der Waals surface area contributed by atoms with Gasteiger partial charge in [0.1, 0.15) is 0 Å². The van der Waals surface area contributed by atoms with Crippen LogP contribution >= 0.6 is 0 Å². The van der Waals surface area contributed by atoms with E-state index < -0.39 is 0 Å². The molecule has 0 aromatic heterocycles. The molecule has 1 fully saturated rings. The minimum Gasteiger partial charge on any atom is -0.395 e. The fraction of sp³-hybridized carbons (Fsp3) is 0.588. The van der Waals surface area contributed by atoms with E-state index in [1.807, 2.05) is 18.2 Å². The summed E-state index contributed by atoms with van der Waals surface area (Å²) in [5.41, 5.74) is 1.31. The van der Waals surface area contributed by atoms with Gasteiger partial charge in [-0.25, -0.2) is 0 Å². The Morgan fingerprint density at radius 3 is 2.86 bits per heavy atom. The summed E-state index contributed by atoms with van der Waals surface area (Å²) in [6.45, 7) is 2.20. The number of likely N-dealkylation sites (tertiary alicyclic amines) is 1. The topological polar surface area (TPSA) is 52.6 Å². The summed E-state index contributed by atoms with van der Waals surface area (Å²) in [5.74, 6) is 0.0726. The molecule has 1 atom stereocenters. The smallest absolute Gasteiger partial charge is 0.234 e. The standard InChI is InChI=1S/C17H26N2O2/c20-14-16-10-4-5-12-19(16)13-17(21)18-11-6-9-15-7-2-1-3-8-15/h1-3,7-8,16,20H,4-6,9-14H2,(H,18,21)/t16-/m1/s1. The molecule has 1 aliphatic heterocycles. The number of rotatable bonds is 7. The number of amides is 1. The second-order valence-corrected chi connectivity index (χ2v) is 5.74. The van der Waals surface area contributed by atoms with Crippen LogP contribution in [0.2, 0.25) is 0 Å². The number of hydrogen-bond donors (Lipinski definition) is 2. The Kier molecular flexibility index (Phi) is 6.70. The monoisotopic (exact) mass is 290 g/mol. The Morgan fingerprint density at radius 2 is 2.10 bits per heavy atom.